The molecule has 0 aliphatic carbocycles. The van der Waals surface area contributed by atoms with Crippen molar-refractivity contribution in [3.8, 4) is 0 Å². The van der Waals surface area contributed by atoms with Crippen LogP contribution < -0.4 is 10.6 Å². The fraction of sp³-hybridized carbons (Fsp3) is 0.429. The van der Waals surface area contributed by atoms with Crippen LogP contribution >= 0.6 is 11.3 Å². The van der Waals surface area contributed by atoms with Gasteiger partial charge in [0.05, 0.1) is 4.88 Å². The number of carboxylic acid groups (broad SMARTS) is 1. The summed E-state index contributed by atoms with van der Waals surface area (Å²) in [4.78, 5) is 48.7. The average molecular weight is 337 g/mol. The Bertz CT molecular complexity index is 699. The minimum Gasteiger partial charge on any atom is -0.465 e. The number of hydrogen-bond acceptors (Lipinski definition) is 5. The maximum absolute atomic E-state index is 12.5. The number of hydrogen-bond donors (Lipinski definition) is 3. The highest BCUT2D eigenvalue weighted by molar-refractivity contribution is 7.12. The van der Waals surface area contributed by atoms with Crippen LogP contribution in [0.15, 0.2) is 5.38 Å². The number of thiophene rings is 1. The first kappa shape index (κ1) is 15.5. The van der Waals surface area contributed by atoms with Crippen molar-refractivity contribution in [1.82, 2.24) is 15.5 Å². The van der Waals surface area contributed by atoms with Crippen LogP contribution in [0.5, 0.6) is 0 Å². The van der Waals surface area contributed by atoms with E-state index in [0.717, 1.165) is 11.1 Å². The normalized spacial score (nSPS) is 21.0. The Balaban J connectivity index is 1.79. The van der Waals surface area contributed by atoms with Crippen LogP contribution in [0.1, 0.15) is 40.1 Å². The molecule has 0 aromatic carbocycles. The van der Waals surface area contributed by atoms with Gasteiger partial charge in [-0.25, -0.2) is 4.79 Å². The van der Waals surface area contributed by atoms with Crippen molar-refractivity contribution in [1.29, 1.82) is 0 Å². The Morgan fingerprint density at radius 3 is 2.96 bits per heavy atom. The van der Waals surface area contributed by atoms with Gasteiger partial charge >= 0.3 is 6.09 Å². The number of carbonyl (C=O) groups excluding carboxylic acids is 3. The first-order valence-corrected chi connectivity index (χ1v) is 8.06. The lowest BCUT2D eigenvalue weighted by Crippen LogP contribution is -2.47. The highest BCUT2D eigenvalue weighted by Gasteiger charge is 2.39. The predicted octanol–water partition coefficient (Wildman–Crippen LogP) is 0.667. The molecule has 8 nitrogen and oxygen atoms in total. The van der Waals surface area contributed by atoms with E-state index in [1.54, 1.807) is 5.38 Å². The van der Waals surface area contributed by atoms with Crippen LogP contribution in [0.4, 0.5) is 4.79 Å². The Morgan fingerprint density at radius 2 is 2.22 bits per heavy atom. The number of nitrogens with one attached hydrogen (secondary N) is 2. The second-order valence-corrected chi connectivity index (χ2v) is 6.36. The second kappa shape index (κ2) is 5.99. The zero-order chi connectivity index (χ0) is 16.6. The molecule has 1 aromatic heterocycles. The van der Waals surface area contributed by atoms with Crippen molar-refractivity contribution < 1.29 is 24.3 Å². The number of amides is 4. The monoisotopic (exact) mass is 337 g/mol. The molecule has 1 aromatic rings. The van der Waals surface area contributed by atoms with Crippen LogP contribution in [0.3, 0.4) is 0 Å². The van der Waals surface area contributed by atoms with E-state index in [-0.39, 0.29) is 31.3 Å². The third-order valence-corrected chi connectivity index (χ3v) is 5.08. The number of nitrogens with zero attached hydrogens (tertiary/aromatic N) is 1. The Hall–Kier alpha value is -2.42. The smallest absolute Gasteiger partial charge is 0.404 e. The summed E-state index contributed by atoms with van der Waals surface area (Å²) in [5.74, 6) is -0.993. The molecule has 1 fully saturated rings. The van der Waals surface area contributed by atoms with E-state index in [9.17, 15) is 19.2 Å². The fourth-order valence-electron chi connectivity index (χ4n) is 2.88. The number of fused-ring (bicyclic) bond motifs is 1. The summed E-state index contributed by atoms with van der Waals surface area (Å²) in [7, 11) is 0. The maximum atomic E-state index is 12.5. The maximum Gasteiger partial charge on any atom is 0.404 e. The highest BCUT2D eigenvalue weighted by Crippen LogP contribution is 2.34. The number of rotatable bonds is 3. The molecule has 2 aliphatic rings. The Morgan fingerprint density at radius 1 is 1.43 bits per heavy atom. The van der Waals surface area contributed by atoms with Crippen molar-refractivity contribution in [3.63, 3.8) is 0 Å². The van der Waals surface area contributed by atoms with Gasteiger partial charge in [-0.2, -0.15) is 0 Å². The van der Waals surface area contributed by atoms with Crippen LogP contribution in [-0.4, -0.2) is 39.9 Å². The summed E-state index contributed by atoms with van der Waals surface area (Å²) >= 11 is 1.25. The standard InChI is InChI=1S/C14H15N3O5S/c18-10-3-1-2-9(12(19)16-10)17-5-8-7(4-15-14(21)22)6-23-11(8)13(17)20/h6,9,15H,1-5H2,(H,21,22)(H,16,18,19). The first-order valence-electron chi connectivity index (χ1n) is 7.18. The van der Waals surface area contributed by atoms with E-state index in [2.05, 4.69) is 10.6 Å². The summed E-state index contributed by atoms with van der Waals surface area (Å²) < 4.78 is 0. The van der Waals surface area contributed by atoms with E-state index < -0.39 is 18.0 Å². The van der Waals surface area contributed by atoms with Crippen molar-refractivity contribution in [2.45, 2.75) is 38.4 Å². The van der Waals surface area contributed by atoms with Crippen molar-refractivity contribution in [2.75, 3.05) is 0 Å². The third-order valence-electron chi connectivity index (χ3n) is 4.02. The van der Waals surface area contributed by atoms with Gasteiger partial charge in [0.15, 0.2) is 0 Å². The molecule has 1 saturated heterocycles. The predicted molar refractivity (Wildman–Crippen MR) is 79.8 cm³/mol. The summed E-state index contributed by atoms with van der Waals surface area (Å²) in [6.07, 6.45) is 0.140. The molecule has 122 valence electrons. The van der Waals surface area contributed by atoms with Crippen LogP contribution in [0, 0.1) is 0 Å². The molecular weight excluding hydrogens is 322 g/mol. The van der Waals surface area contributed by atoms with Crippen LogP contribution in [-0.2, 0) is 22.7 Å². The van der Waals surface area contributed by atoms with Gasteiger partial charge in [0.2, 0.25) is 11.8 Å². The lowest BCUT2D eigenvalue weighted by Gasteiger charge is -2.25. The molecule has 0 spiro atoms. The summed E-state index contributed by atoms with van der Waals surface area (Å²) in [5, 5.41) is 15.0. The molecule has 0 saturated carbocycles. The van der Waals surface area contributed by atoms with Gasteiger partial charge in [0, 0.05) is 25.1 Å². The van der Waals surface area contributed by atoms with Crippen LogP contribution in [0.25, 0.3) is 0 Å². The molecule has 3 rings (SSSR count). The van der Waals surface area contributed by atoms with E-state index in [1.165, 1.54) is 16.2 Å². The molecule has 9 heteroatoms. The van der Waals surface area contributed by atoms with Gasteiger partial charge in [-0.15, -0.1) is 11.3 Å². The minimum atomic E-state index is -1.13. The molecule has 3 heterocycles. The first-order chi connectivity index (χ1) is 11.0. The molecule has 1 unspecified atom stereocenters. The number of carbonyl (C=O) groups is 4. The van der Waals surface area contributed by atoms with E-state index >= 15 is 0 Å². The molecular formula is C14H15N3O5S. The van der Waals surface area contributed by atoms with Gasteiger partial charge in [0.25, 0.3) is 5.91 Å². The third kappa shape index (κ3) is 2.91. The van der Waals surface area contributed by atoms with Gasteiger partial charge in [-0.3, -0.25) is 19.7 Å². The van der Waals surface area contributed by atoms with E-state index in [4.69, 9.17) is 5.11 Å². The van der Waals surface area contributed by atoms with Crippen molar-refractivity contribution in [3.05, 3.63) is 21.4 Å². The van der Waals surface area contributed by atoms with E-state index in [1.807, 2.05) is 0 Å². The molecule has 1 atom stereocenters. The van der Waals surface area contributed by atoms with Gasteiger partial charge in [-0.1, -0.05) is 0 Å². The Labute approximate surface area is 135 Å². The molecule has 3 N–H and O–H groups in total. The topological polar surface area (TPSA) is 116 Å². The van der Waals surface area contributed by atoms with Crippen molar-refractivity contribution >= 4 is 35.2 Å². The van der Waals surface area contributed by atoms with E-state index in [0.29, 0.717) is 17.7 Å². The molecule has 0 radical (unpaired) electrons. The quantitative estimate of drug-likeness (QED) is 0.701. The zero-order valence-corrected chi connectivity index (χ0v) is 12.9. The SMILES string of the molecule is O=C(O)NCc1csc2c1CN(C1CCCC(=O)NC1=O)C2=O. The summed E-state index contributed by atoms with van der Waals surface area (Å²) in [5.41, 5.74) is 1.51. The molecule has 4 amide bonds. The zero-order valence-electron chi connectivity index (χ0n) is 12.1. The Kier molecular flexibility index (Phi) is 4.03. The summed E-state index contributed by atoms with van der Waals surface area (Å²) in [6.45, 7) is 0.387. The summed E-state index contributed by atoms with van der Waals surface area (Å²) in [6, 6.07) is -0.658. The molecule has 2 aliphatic heterocycles. The number of imide groups is 1. The van der Waals surface area contributed by atoms with Gasteiger partial charge in [-0.05, 0) is 23.8 Å². The molecule has 23 heavy (non-hydrogen) atoms. The largest absolute Gasteiger partial charge is 0.465 e. The second-order valence-electron chi connectivity index (χ2n) is 5.48. The van der Waals surface area contributed by atoms with Gasteiger partial charge in [0.1, 0.15) is 6.04 Å². The lowest BCUT2D eigenvalue weighted by atomic mass is 10.1. The lowest BCUT2D eigenvalue weighted by molar-refractivity contribution is -0.132. The van der Waals surface area contributed by atoms with Crippen molar-refractivity contribution in [2.24, 2.45) is 0 Å². The highest BCUT2D eigenvalue weighted by atomic mass is 32.1. The minimum absolute atomic E-state index is 0.123. The molecule has 0 bridgehead atoms. The van der Waals surface area contributed by atoms with Crippen LogP contribution in [0.2, 0.25) is 0 Å². The fourth-order valence-corrected chi connectivity index (χ4v) is 3.92. The average Bonchev–Trinajstić information content (AvgIpc) is 2.97. The van der Waals surface area contributed by atoms with Gasteiger partial charge < -0.3 is 15.3 Å².